The van der Waals surface area contributed by atoms with E-state index in [9.17, 15) is 0 Å². The number of aryl methyl sites for hydroxylation is 2. The number of piperazine rings is 1. The van der Waals surface area contributed by atoms with Crippen LogP contribution >= 0.6 is 11.8 Å². The van der Waals surface area contributed by atoms with Gasteiger partial charge in [-0.05, 0) is 56.4 Å². The van der Waals surface area contributed by atoms with Crippen LogP contribution in [-0.2, 0) is 13.6 Å². The molecule has 1 aliphatic rings. The zero-order chi connectivity index (χ0) is 21.5. The average molecular weight is 430 g/mol. The maximum absolute atomic E-state index is 4.90. The molecule has 0 amide bonds. The van der Waals surface area contributed by atoms with E-state index < -0.39 is 0 Å². The van der Waals surface area contributed by atoms with Gasteiger partial charge in [0, 0.05) is 45.5 Å². The number of nitrogens with one attached hydrogen (secondary N) is 1. The van der Waals surface area contributed by atoms with Gasteiger partial charge in [0.25, 0.3) is 0 Å². The van der Waals surface area contributed by atoms with E-state index in [1.54, 1.807) is 0 Å². The van der Waals surface area contributed by atoms with Gasteiger partial charge in [-0.1, -0.05) is 12.1 Å². The Morgan fingerprint density at radius 1 is 1.13 bits per heavy atom. The van der Waals surface area contributed by atoms with Crippen LogP contribution in [0.3, 0.4) is 0 Å². The van der Waals surface area contributed by atoms with Crippen LogP contribution in [0, 0.1) is 20.8 Å². The molecule has 0 radical (unpaired) electrons. The van der Waals surface area contributed by atoms with E-state index in [1.165, 1.54) is 16.8 Å². The standard InChI is InChI=1S/C22H35N7S/c1-17-8-6-9-20(18(17)2)28-11-13-29(14-12-28)22(23-10-7-15-30-5)24-16-21-26-25-19(3)27(21)4/h6,8-9H,7,10-16H2,1-5H3,(H,23,24). The third-order valence-corrected chi connectivity index (χ3v) is 6.55. The van der Waals surface area contributed by atoms with Crippen LogP contribution < -0.4 is 10.2 Å². The number of anilines is 1. The molecule has 3 rings (SSSR count). The van der Waals surface area contributed by atoms with Gasteiger partial charge in [-0.15, -0.1) is 10.2 Å². The normalized spacial score (nSPS) is 15.0. The number of rotatable bonds is 7. The molecule has 1 aromatic carbocycles. The minimum absolute atomic E-state index is 0.541. The predicted molar refractivity (Wildman–Crippen MR) is 128 cm³/mol. The fourth-order valence-electron chi connectivity index (χ4n) is 3.66. The summed E-state index contributed by atoms with van der Waals surface area (Å²) in [6.45, 7) is 11.8. The Bertz CT molecular complexity index is 853. The molecule has 0 bridgehead atoms. The molecular formula is C22H35N7S. The molecule has 2 heterocycles. The van der Waals surface area contributed by atoms with E-state index in [1.807, 2.05) is 30.3 Å². The lowest BCUT2D eigenvalue weighted by Crippen LogP contribution is -2.53. The van der Waals surface area contributed by atoms with Gasteiger partial charge in [-0.3, -0.25) is 0 Å². The van der Waals surface area contributed by atoms with Gasteiger partial charge >= 0.3 is 0 Å². The highest BCUT2D eigenvalue weighted by Crippen LogP contribution is 2.23. The van der Waals surface area contributed by atoms with Crippen molar-refractivity contribution in [3.63, 3.8) is 0 Å². The van der Waals surface area contributed by atoms with Crippen LogP contribution in [0.2, 0.25) is 0 Å². The number of aromatic nitrogens is 3. The van der Waals surface area contributed by atoms with E-state index in [2.05, 4.69) is 63.6 Å². The Morgan fingerprint density at radius 3 is 2.57 bits per heavy atom. The van der Waals surface area contributed by atoms with Crippen molar-refractivity contribution in [1.82, 2.24) is 25.0 Å². The topological polar surface area (TPSA) is 61.6 Å². The first-order chi connectivity index (χ1) is 14.5. The van der Waals surface area contributed by atoms with Crippen molar-refractivity contribution in [2.75, 3.05) is 49.6 Å². The molecule has 8 heteroatoms. The summed E-state index contributed by atoms with van der Waals surface area (Å²) in [5.41, 5.74) is 4.09. The number of aliphatic imine (C=N–C) groups is 1. The molecule has 164 valence electrons. The number of benzene rings is 1. The van der Waals surface area contributed by atoms with Gasteiger partial charge in [0.15, 0.2) is 11.8 Å². The van der Waals surface area contributed by atoms with Crippen LogP contribution in [0.15, 0.2) is 23.2 Å². The summed E-state index contributed by atoms with van der Waals surface area (Å²) in [7, 11) is 1.99. The Labute approximate surface area is 185 Å². The van der Waals surface area contributed by atoms with Crippen molar-refractivity contribution < 1.29 is 0 Å². The van der Waals surface area contributed by atoms with Crippen molar-refractivity contribution in [3.8, 4) is 0 Å². The lowest BCUT2D eigenvalue weighted by Gasteiger charge is -2.38. The second kappa shape index (κ2) is 10.7. The summed E-state index contributed by atoms with van der Waals surface area (Å²) in [5, 5.41) is 12.0. The molecule has 1 saturated heterocycles. The SMILES string of the molecule is CSCCCNC(=NCc1nnc(C)n1C)N1CCN(c2cccc(C)c2C)CC1. The molecule has 2 aromatic rings. The monoisotopic (exact) mass is 429 g/mol. The number of nitrogens with zero attached hydrogens (tertiary/aromatic N) is 6. The number of thioether (sulfide) groups is 1. The van der Waals surface area contributed by atoms with Gasteiger partial charge in [0.2, 0.25) is 0 Å². The highest BCUT2D eigenvalue weighted by molar-refractivity contribution is 7.98. The lowest BCUT2D eigenvalue weighted by molar-refractivity contribution is 0.371. The second-order valence-electron chi connectivity index (χ2n) is 7.83. The molecule has 0 aliphatic carbocycles. The van der Waals surface area contributed by atoms with Crippen molar-refractivity contribution >= 4 is 23.4 Å². The first-order valence-electron chi connectivity index (χ1n) is 10.7. The Hall–Kier alpha value is -2.22. The fraction of sp³-hybridized carbons (Fsp3) is 0.591. The van der Waals surface area contributed by atoms with Crippen molar-refractivity contribution in [1.29, 1.82) is 0 Å². The Balaban J connectivity index is 1.66. The highest BCUT2D eigenvalue weighted by Gasteiger charge is 2.21. The van der Waals surface area contributed by atoms with E-state index in [-0.39, 0.29) is 0 Å². The Morgan fingerprint density at radius 2 is 1.90 bits per heavy atom. The molecular weight excluding hydrogens is 394 g/mol. The molecule has 0 spiro atoms. The Kier molecular flexibility index (Phi) is 8.01. The molecule has 0 saturated carbocycles. The van der Waals surface area contributed by atoms with Crippen LogP contribution in [0.1, 0.15) is 29.2 Å². The van der Waals surface area contributed by atoms with Crippen LogP contribution in [-0.4, -0.2) is 70.4 Å². The molecule has 7 nitrogen and oxygen atoms in total. The molecule has 1 N–H and O–H groups in total. The van der Waals surface area contributed by atoms with Crippen LogP contribution in [0.5, 0.6) is 0 Å². The highest BCUT2D eigenvalue weighted by atomic mass is 32.2. The van der Waals surface area contributed by atoms with Gasteiger partial charge in [-0.2, -0.15) is 11.8 Å². The first-order valence-corrected chi connectivity index (χ1v) is 12.1. The van der Waals surface area contributed by atoms with Crippen LogP contribution in [0.4, 0.5) is 5.69 Å². The van der Waals surface area contributed by atoms with Crippen LogP contribution in [0.25, 0.3) is 0 Å². The maximum atomic E-state index is 4.90. The van der Waals surface area contributed by atoms with E-state index in [4.69, 9.17) is 4.99 Å². The maximum Gasteiger partial charge on any atom is 0.194 e. The zero-order valence-electron chi connectivity index (χ0n) is 19.0. The summed E-state index contributed by atoms with van der Waals surface area (Å²) >= 11 is 1.88. The molecule has 0 atom stereocenters. The number of hydrogen-bond donors (Lipinski definition) is 1. The third-order valence-electron chi connectivity index (χ3n) is 5.86. The average Bonchev–Trinajstić information content (AvgIpc) is 3.07. The van der Waals surface area contributed by atoms with Crippen molar-refractivity contribution in [2.45, 2.75) is 33.7 Å². The van der Waals surface area contributed by atoms with Crippen molar-refractivity contribution in [2.24, 2.45) is 12.0 Å². The summed E-state index contributed by atoms with van der Waals surface area (Å²) in [6.07, 6.45) is 3.28. The molecule has 1 aromatic heterocycles. The molecule has 0 unspecified atom stereocenters. The quantitative estimate of drug-likeness (QED) is 0.415. The van der Waals surface area contributed by atoms with Crippen molar-refractivity contribution in [3.05, 3.63) is 41.0 Å². The lowest BCUT2D eigenvalue weighted by atomic mass is 10.1. The summed E-state index contributed by atoms with van der Waals surface area (Å²) < 4.78 is 2.01. The molecule has 1 fully saturated rings. The fourth-order valence-corrected chi connectivity index (χ4v) is 4.09. The summed E-state index contributed by atoms with van der Waals surface area (Å²) in [5.74, 6) is 3.95. The van der Waals surface area contributed by atoms with Gasteiger partial charge in [0.1, 0.15) is 12.4 Å². The zero-order valence-corrected chi connectivity index (χ0v) is 19.8. The number of guanidine groups is 1. The third kappa shape index (κ3) is 5.47. The smallest absolute Gasteiger partial charge is 0.194 e. The minimum atomic E-state index is 0.541. The first kappa shape index (κ1) is 22.5. The van der Waals surface area contributed by atoms with Gasteiger partial charge in [-0.25, -0.2) is 4.99 Å². The minimum Gasteiger partial charge on any atom is -0.368 e. The largest absolute Gasteiger partial charge is 0.368 e. The second-order valence-corrected chi connectivity index (χ2v) is 8.81. The van der Waals surface area contributed by atoms with E-state index >= 15 is 0 Å². The summed E-state index contributed by atoms with van der Waals surface area (Å²) in [6, 6.07) is 6.59. The number of hydrogen-bond acceptors (Lipinski definition) is 5. The van der Waals surface area contributed by atoms with E-state index in [0.717, 1.165) is 62.5 Å². The summed E-state index contributed by atoms with van der Waals surface area (Å²) in [4.78, 5) is 9.78. The van der Waals surface area contributed by atoms with Gasteiger partial charge < -0.3 is 19.7 Å². The molecule has 30 heavy (non-hydrogen) atoms. The predicted octanol–water partition coefficient (Wildman–Crippen LogP) is 2.76. The van der Waals surface area contributed by atoms with Gasteiger partial charge in [0.05, 0.1) is 0 Å². The van der Waals surface area contributed by atoms with E-state index in [0.29, 0.717) is 6.54 Å². The molecule has 1 aliphatic heterocycles.